The number of aromatic amines is 1. The van der Waals surface area contributed by atoms with Crippen molar-refractivity contribution < 1.29 is 13.9 Å². The number of H-pyrrole nitrogens is 1. The van der Waals surface area contributed by atoms with Crippen molar-refractivity contribution in [3.63, 3.8) is 0 Å². The van der Waals surface area contributed by atoms with E-state index in [9.17, 15) is 14.3 Å². The molecule has 0 spiro atoms. The van der Waals surface area contributed by atoms with E-state index in [1.807, 2.05) is 0 Å². The summed E-state index contributed by atoms with van der Waals surface area (Å²) < 4.78 is 17.9. The van der Waals surface area contributed by atoms with Gasteiger partial charge in [0.05, 0.1) is 10.9 Å². The molecule has 5 heteroatoms. The summed E-state index contributed by atoms with van der Waals surface area (Å²) in [6.45, 7) is 0. The van der Waals surface area contributed by atoms with Crippen molar-refractivity contribution in [1.82, 2.24) is 4.98 Å². The molecule has 0 aliphatic rings. The quantitative estimate of drug-likeness (QED) is 0.608. The molecule has 1 aromatic carbocycles. The fourth-order valence-corrected chi connectivity index (χ4v) is 1.79. The van der Waals surface area contributed by atoms with E-state index in [-0.39, 0.29) is 11.3 Å². The van der Waals surface area contributed by atoms with Crippen LogP contribution in [0, 0.1) is 5.82 Å². The molecule has 80 valence electrons. The Bertz CT molecular complexity index is 757. The molecular formula is C11H6FNO3. The molecule has 0 atom stereocenters. The number of hydrogen-bond donors (Lipinski definition) is 2. The molecule has 3 aromatic rings. The number of rotatable bonds is 0. The minimum atomic E-state index is -0.492. The number of fused-ring (bicyclic) bond motifs is 3. The van der Waals surface area contributed by atoms with Gasteiger partial charge in [-0.05, 0) is 18.2 Å². The van der Waals surface area contributed by atoms with Crippen molar-refractivity contribution in [3.05, 3.63) is 40.6 Å². The van der Waals surface area contributed by atoms with Crippen molar-refractivity contribution in [2.75, 3.05) is 0 Å². The van der Waals surface area contributed by atoms with Crippen LogP contribution in [0.25, 0.3) is 21.9 Å². The Morgan fingerprint density at radius 2 is 2.19 bits per heavy atom. The molecule has 0 bridgehead atoms. The number of aromatic hydroxyl groups is 1. The average molecular weight is 219 g/mol. The summed E-state index contributed by atoms with van der Waals surface area (Å²) in [5, 5.41) is 10.4. The molecular weight excluding hydrogens is 213 g/mol. The van der Waals surface area contributed by atoms with Crippen LogP contribution >= 0.6 is 0 Å². The predicted molar refractivity (Wildman–Crippen MR) is 56.0 cm³/mol. The Labute approximate surface area is 87.9 Å². The minimum absolute atomic E-state index is 0.0385. The summed E-state index contributed by atoms with van der Waals surface area (Å²) in [6.07, 6.45) is 1.09. The number of hydrogen-bond acceptors (Lipinski definition) is 3. The molecule has 0 aliphatic carbocycles. The second kappa shape index (κ2) is 2.85. The van der Waals surface area contributed by atoms with Crippen LogP contribution in [0.1, 0.15) is 0 Å². The van der Waals surface area contributed by atoms with Gasteiger partial charge in [0.1, 0.15) is 12.1 Å². The molecule has 0 unspecified atom stereocenters. The fourth-order valence-electron chi connectivity index (χ4n) is 1.79. The standard InChI is InChI=1S/C11H6FNO3/c12-5-1-2-6-7(3-5)13-11(15)10-9(6)8(14)4-16-10/h1-4,14H,(H,13,15). The molecule has 2 heterocycles. The molecule has 16 heavy (non-hydrogen) atoms. The summed E-state index contributed by atoms with van der Waals surface area (Å²) in [7, 11) is 0. The lowest BCUT2D eigenvalue weighted by Crippen LogP contribution is -2.04. The maximum Gasteiger partial charge on any atom is 0.292 e. The van der Waals surface area contributed by atoms with Crippen molar-refractivity contribution in [2.24, 2.45) is 0 Å². The van der Waals surface area contributed by atoms with Gasteiger partial charge in [-0.3, -0.25) is 4.79 Å². The summed E-state index contributed by atoms with van der Waals surface area (Å²) in [5.74, 6) is -0.580. The molecule has 0 saturated heterocycles. The number of pyridine rings is 1. The van der Waals surface area contributed by atoms with Gasteiger partial charge in [0.2, 0.25) is 5.58 Å². The van der Waals surface area contributed by atoms with Crippen LogP contribution in [0.5, 0.6) is 5.75 Å². The maximum atomic E-state index is 13.0. The van der Waals surface area contributed by atoms with Gasteiger partial charge in [-0.25, -0.2) is 4.39 Å². The Hall–Kier alpha value is -2.30. The van der Waals surface area contributed by atoms with Crippen LogP contribution < -0.4 is 5.56 Å². The van der Waals surface area contributed by atoms with Crippen LogP contribution in [-0.4, -0.2) is 10.1 Å². The molecule has 0 amide bonds. The van der Waals surface area contributed by atoms with E-state index in [1.165, 1.54) is 18.2 Å². The van der Waals surface area contributed by atoms with E-state index in [0.29, 0.717) is 16.3 Å². The number of nitrogens with one attached hydrogen (secondary N) is 1. The lowest BCUT2D eigenvalue weighted by Gasteiger charge is -1.99. The first-order valence-electron chi connectivity index (χ1n) is 4.58. The summed E-state index contributed by atoms with van der Waals surface area (Å²) in [4.78, 5) is 14.0. The maximum absolute atomic E-state index is 13.0. The van der Waals surface area contributed by atoms with Crippen LogP contribution in [-0.2, 0) is 0 Å². The molecule has 0 aliphatic heterocycles. The topological polar surface area (TPSA) is 66.2 Å². The van der Waals surface area contributed by atoms with Gasteiger partial charge in [-0.2, -0.15) is 0 Å². The van der Waals surface area contributed by atoms with Crippen LogP contribution in [0.3, 0.4) is 0 Å². The third kappa shape index (κ3) is 1.05. The minimum Gasteiger partial charge on any atom is -0.504 e. The zero-order valence-electron chi connectivity index (χ0n) is 7.95. The van der Waals surface area contributed by atoms with Gasteiger partial charge in [0.15, 0.2) is 5.75 Å². The number of furan rings is 1. The SMILES string of the molecule is O=c1[nH]c2cc(F)ccc2c2c(O)coc12. The van der Waals surface area contributed by atoms with Gasteiger partial charge in [-0.1, -0.05) is 0 Å². The van der Waals surface area contributed by atoms with Crippen LogP contribution in [0.15, 0.2) is 33.7 Å². The van der Waals surface area contributed by atoms with Gasteiger partial charge in [0, 0.05) is 5.39 Å². The third-order valence-corrected chi connectivity index (χ3v) is 2.48. The molecule has 3 rings (SSSR count). The molecule has 0 fully saturated rings. The first-order valence-corrected chi connectivity index (χ1v) is 4.58. The predicted octanol–water partition coefficient (Wildman–Crippen LogP) is 2.12. The second-order valence-corrected chi connectivity index (χ2v) is 3.47. The lowest BCUT2D eigenvalue weighted by molar-refractivity contribution is 0.464. The third-order valence-electron chi connectivity index (χ3n) is 2.48. The largest absolute Gasteiger partial charge is 0.504 e. The first kappa shape index (κ1) is 8.96. The Kier molecular flexibility index (Phi) is 1.60. The smallest absolute Gasteiger partial charge is 0.292 e. The van der Waals surface area contributed by atoms with Crippen LogP contribution in [0.2, 0.25) is 0 Å². The zero-order valence-corrected chi connectivity index (χ0v) is 7.95. The van der Waals surface area contributed by atoms with E-state index in [1.54, 1.807) is 0 Å². The van der Waals surface area contributed by atoms with E-state index >= 15 is 0 Å². The highest BCUT2D eigenvalue weighted by molar-refractivity contribution is 6.06. The van der Waals surface area contributed by atoms with Gasteiger partial charge in [0.25, 0.3) is 5.56 Å². The van der Waals surface area contributed by atoms with E-state index in [0.717, 1.165) is 6.26 Å². The van der Waals surface area contributed by atoms with Gasteiger partial charge in [-0.15, -0.1) is 0 Å². The normalized spacial score (nSPS) is 11.3. The number of halogens is 1. The number of benzene rings is 1. The summed E-state index contributed by atoms with van der Waals surface area (Å²) >= 11 is 0. The molecule has 0 radical (unpaired) electrons. The van der Waals surface area contributed by atoms with Crippen molar-refractivity contribution in [1.29, 1.82) is 0 Å². The summed E-state index contributed by atoms with van der Waals surface area (Å²) in [6, 6.07) is 3.94. The van der Waals surface area contributed by atoms with Crippen molar-refractivity contribution in [2.45, 2.75) is 0 Å². The number of aromatic nitrogens is 1. The molecule has 2 aromatic heterocycles. The second-order valence-electron chi connectivity index (χ2n) is 3.47. The van der Waals surface area contributed by atoms with Crippen molar-refractivity contribution >= 4 is 21.9 Å². The Balaban J connectivity index is 2.67. The fraction of sp³-hybridized carbons (Fsp3) is 0. The highest BCUT2D eigenvalue weighted by Gasteiger charge is 2.13. The molecule has 0 saturated carbocycles. The van der Waals surface area contributed by atoms with E-state index in [2.05, 4.69) is 4.98 Å². The lowest BCUT2D eigenvalue weighted by atomic mass is 10.1. The highest BCUT2D eigenvalue weighted by Crippen LogP contribution is 2.30. The Morgan fingerprint density at radius 3 is 3.00 bits per heavy atom. The Morgan fingerprint density at radius 1 is 1.38 bits per heavy atom. The van der Waals surface area contributed by atoms with E-state index in [4.69, 9.17) is 4.42 Å². The highest BCUT2D eigenvalue weighted by atomic mass is 19.1. The zero-order chi connectivity index (χ0) is 11.3. The molecule has 4 nitrogen and oxygen atoms in total. The van der Waals surface area contributed by atoms with Crippen LogP contribution in [0.4, 0.5) is 4.39 Å². The first-order chi connectivity index (χ1) is 7.66. The van der Waals surface area contributed by atoms with Gasteiger partial charge < -0.3 is 14.5 Å². The van der Waals surface area contributed by atoms with Crippen molar-refractivity contribution in [3.8, 4) is 5.75 Å². The van der Waals surface area contributed by atoms with E-state index < -0.39 is 11.4 Å². The summed E-state index contributed by atoms with van der Waals surface area (Å²) in [5.41, 5.74) is -0.126. The average Bonchev–Trinajstić information content (AvgIpc) is 2.61. The van der Waals surface area contributed by atoms with Gasteiger partial charge >= 0.3 is 0 Å². The monoisotopic (exact) mass is 219 g/mol. The molecule has 2 N–H and O–H groups in total.